The molecule has 20 heavy (non-hydrogen) atoms. The Kier molecular flexibility index (Phi) is 11.5. The molecule has 8 heteroatoms. The van der Waals surface area contributed by atoms with Gasteiger partial charge in [-0.1, -0.05) is 13.8 Å². The van der Waals surface area contributed by atoms with Crippen molar-refractivity contribution in [2.24, 2.45) is 17.4 Å². The van der Waals surface area contributed by atoms with E-state index < -0.39 is 24.0 Å². The van der Waals surface area contributed by atoms with E-state index in [9.17, 15) is 14.4 Å². The van der Waals surface area contributed by atoms with E-state index in [0.717, 1.165) is 0 Å². The molecule has 0 rings (SSSR count). The molecule has 0 aliphatic carbocycles. The van der Waals surface area contributed by atoms with Crippen LogP contribution in [0.25, 0.3) is 0 Å². The first-order valence-corrected chi connectivity index (χ1v) is 6.15. The van der Waals surface area contributed by atoms with Gasteiger partial charge in [0.25, 0.3) is 0 Å². The molecule has 8 nitrogen and oxygen atoms in total. The summed E-state index contributed by atoms with van der Waals surface area (Å²) in [5, 5.41) is 16.3. The SMILES string of the molecule is COC(=O)[C@@H](N)CC(C)C.N[C@@H](CCC(=O)O)C(=O)O. The van der Waals surface area contributed by atoms with Gasteiger partial charge >= 0.3 is 17.9 Å². The lowest BCUT2D eigenvalue weighted by molar-refractivity contribution is -0.143. The van der Waals surface area contributed by atoms with Crippen molar-refractivity contribution in [1.29, 1.82) is 0 Å². The van der Waals surface area contributed by atoms with Gasteiger partial charge in [-0.05, 0) is 18.8 Å². The van der Waals surface area contributed by atoms with Crippen molar-refractivity contribution < 1.29 is 29.3 Å². The molecule has 2 atom stereocenters. The van der Waals surface area contributed by atoms with E-state index in [1.54, 1.807) is 0 Å². The van der Waals surface area contributed by atoms with Gasteiger partial charge in [0, 0.05) is 6.42 Å². The Morgan fingerprint density at radius 2 is 1.60 bits per heavy atom. The Bertz CT molecular complexity index is 319. The van der Waals surface area contributed by atoms with Crippen LogP contribution in [0.2, 0.25) is 0 Å². The first kappa shape index (κ1) is 20.6. The normalized spacial score (nSPS) is 12.9. The Morgan fingerprint density at radius 1 is 1.10 bits per heavy atom. The molecular weight excluding hydrogens is 268 g/mol. The zero-order valence-corrected chi connectivity index (χ0v) is 12.0. The molecule has 0 aromatic rings. The molecule has 0 saturated carbocycles. The third-order valence-electron chi connectivity index (χ3n) is 2.22. The second-order valence-corrected chi connectivity index (χ2v) is 4.64. The summed E-state index contributed by atoms with van der Waals surface area (Å²) in [6.07, 6.45) is 0.463. The highest BCUT2D eigenvalue weighted by Gasteiger charge is 2.14. The lowest BCUT2D eigenvalue weighted by Crippen LogP contribution is -2.32. The number of carboxylic acid groups (broad SMARTS) is 2. The largest absolute Gasteiger partial charge is 0.481 e. The molecular formula is C12H24N2O6. The van der Waals surface area contributed by atoms with E-state index in [0.29, 0.717) is 12.3 Å². The fourth-order valence-electron chi connectivity index (χ4n) is 1.16. The van der Waals surface area contributed by atoms with Crippen LogP contribution in [0.4, 0.5) is 0 Å². The lowest BCUT2D eigenvalue weighted by atomic mass is 10.1. The third kappa shape index (κ3) is 12.8. The van der Waals surface area contributed by atoms with Gasteiger partial charge in [-0.25, -0.2) is 0 Å². The van der Waals surface area contributed by atoms with E-state index in [4.69, 9.17) is 21.7 Å². The van der Waals surface area contributed by atoms with Crippen LogP contribution in [-0.2, 0) is 19.1 Å². The van der Waals surface area contributed by atoms with Crippen LogP contribution in [0.5, 0.6) is 0 Å². The summed E-state index contributed by atoms with van der Waals surface area (Å²) in [5.41, 5.74) is 10.5. The average Bonchev–Trinajstić information content (AvgIpc) is 2.34. The minimum absolute atomic E-state index is 0.0231. The quantitative estimate of drug-likeness (QED) is 0.470. The van der Waals surface area contributed by atoms with Gasteiger partial charge in [0.1, 0.15) is 12.1 Å². The molecule has 0 amide bonds. The molecule has 0 saturated heterocycles. The summed E-state index contributed by atoms with van der Waals surface area (Å²) in [5.74, 6) is -2.08. The van der Waals surface area contributed by atoms with E-state index in [-0.39, 0.29) is 18.8 Å². The van der Waals surface area contributed by atoms with Crippen molar-refractivity contribution in [2.75, 3.05) is 7.11 Å². The minimum atomic E-state index is -1.17. The number of ether oxygens (including phenoxy) is 1. The molecule has 0 aliphatic rings. The number of hydrogen-bond acceptors (Lipinski definition) is 6. The lowest BCUT2D eigenvalue weighted by Gasteiger charge is -2.10. The van der Waals surface area contributed by atoms with Gasteiger partial charge in [-0.2, -0.15) is 0 Å². The predicted molar refractivity (Wildman–Crippen MR) is 71.9 cm³/mol. The Hall–Kier alpha value is -1.67. The topological polar surface area (TPSA) is 153 Å². The molecule has 0 fully saturated rings. The van der Waals surface area contributed by atoms with Crippen LogP contribution in [0.15, 0.2) is 0 Å². The Labute approximate surface area is 118 Å². The molecule has 0 heterocycles. The first-order valence-electron chi connectivity index (χ1n) is 6.15. The number of esters is 1. The monoisotopic (exact) mass is 292 g/mol. The second kappa shape index (κ2) is 11.2. The van der Waals surface area contributed by atoms with Crippen molar-refractivity contribution in [3.63, 3.8) is 0 Å². The van der Waals surface area contributed by atoms with E-state index in [1.165, 1.54) is 7.11 Å². The minimum Gasteiger partial charge on any atom is -0.481 e. The average molecular weight is 292 g/mol. The van der Waals surface area contributed by atoms with Crippen molar-refractivity contribution >= 4 is 17.9 Å². The van der Waals surface area contributed by atoms with E-state index in [1.807, 2.05) is 13.8 Å². The standard InChI is InChI=1S/C7H15NO2.C5H9NO4/c1-5(2)4-6(8)7(9)10-3;6-3(5(9)10)1-2-4(7)8/h5-6H,4,8H2,1-3H3;3H,1-2,6H2,(H,7,8)(H,9,10)/t6-;3-/m00/s1. The van der Waals surface area contributed by atoms with Crippen molar-refractivity contribution in [3.05, 3.63) is 0 Å². The first-order chi connectivity index (χ1) is 9.11. The highest BCUT2D eigenvalue weighted by molar-refractivity contribution is 5.75. The van der Waals surface area contributed by atoms with Crippen LogP contribution in [-0.4, -0.2) is 47.3 Å². The van der Waals surface area contributed by atoms with Gasteiger partial charge < -0.3 is 26.4 Å². The Balaban J connectivity index is 0. The summed E-state index contributed by atoms with van der Waals surface area (Å²) in [4.78, 5) is 30.6. The second-order valence-electron chi connectivity index (χ2n) is 4.64. The summed E-state index contributed by atoms with van der Waals surface area (Å²) < 4.78 is 4.45. The zero-order valence-electron chi connectivity index (χ0n) is 12.0. The highest BCUT2D eigenvalue weighted by Crippen LogP contribution is 2.02. The highest BCUT2D eigenvalue weighted by atomic mass is 16.5. The maximum absolute atomic E-state index is 10.7. The van der Waals surface area contributed by atoms with Crippen molar-refractivity contribution in [1.82, 2.24) is 0 Å². The number of carboxylic acids is 2. The van der Waals surface area contributed by atoms with Crippen LogP contribution in [0.3, 0.4) is 0 Å². The van der Waals surface area contributed by atoms with Crippen molar-refractivity contribution in [2.45, 2.75) is 45.2 Å². The third-order valence-corrected chi connectivity index (χ3v) is 2.22. The van der Waals surface area contributed by atoms with Crippen LogP contribution in [0.1, 0.15) is 33.1 Å². The summed E-state index contributed by atoms with van der Waals surface area (Å²) in [6.45, 7) is 4.03. The summed E-state index contributed by atoms with van der Waals surface area (Å²) in [6, 6.07) is -1.51. The maximum Gasteiger partial charge on any atom is 0.322 e. The van der Waals surface area contributed by atoms with E-state index in [2.05, 4.69) is 4.74 Å². The smallest absolute Gasteiger partial charge is 0.322 e. The molecule has 0 bridgehead atoms. The number of aliphatic carboxylic acids is 2. The number of nitrogens with two attached hydrogens (primary N) is 2. The van der Waals surface area contributed by atoms with Gasteiger partial charge in [0.15, 0.2) is 0 Å². The molecule has 0 spiro atoms. The summed E-state index contributed by atoms with van der Waals surface area (Å²) >= 11 is 0. The number of hydrogen-bond donors (Lipinski definition) is 4. The Morgan fingerprint density at radius 3 is 1.90 bits per heavy atom. The molecule has 0 aromatic heterocycles. The fourth-order valence-corrected chi connectivity index (χ4v) is 1.16. The number of carbonyl (C=O) groups excluding carboxylic acids is 1. The molecule has 0 radical (unpaired) electrons. The zero-order chi connectivity index (χ0) is 16.3. The molecule has 6 N–H and O–H groups in total. The number of methoxy groups -OCH3 is 1. The number of carbonyl (C=O) groups is 3. The maximum atomic E-state index is 10.7. The van der Waals surface area contributed by atoms with Crippen molar-refractivity contribution in [3.8, 4) is 0 Å². The van der Waals surface area contributed by atoms with Gasteiger partial charge in [-0.3, -0.25) is 14.4 Å². The molecule has 0 unspecified atom stereocenters. The summed E-state index contributed by atoms with van der Waals surface area (Å²) in [7, 11) is 1.35. The van der Waals surface area contributed by atoms with Gasteiger partial charge in [-0.15, -0.1) is 0 Å². The van der Waals surface area contributed by atoms with Gasteiger partial charge in [0.2, 0.25) is 0 Å². The van der Waals surface area contributed by atoms with Crippen LogP contribution < -0.4 is 11.5 Å². The number of rotatable bonds is 7. The van der Waals surface area contributed by atoms with Gasteiger partial charge in [0.05, 0.1) is 7.11 Å². The van der Waals surface area contributed by atoms with Crippen LogP contribution >= 0.6 is 0 Å². The molecule has 0 aliphatic heterocycles. The predicted octanol–water partition coefficient (Wildman–Crippen LogP) is -0.204. The van der Waals surface area contributed by atoms with E-state index >= 15 is 0 Å². The fraction of sp³-hybridized carbons (Fsp3) is 0.750. The molecule has 118 valence electrons. The van der Waals surface area contributed by atoms with Crippen LogP contribution in [0, 0.1) is 5.92 Å². The molecule has 0 aromatic carbocycles.